The standard InChI is InChI=1S/C14H16N2O2/c1-10(2)18-16-14(17)15-13-9-5-7-11-6-3-4-8-12(11)13/h3-10H,1-2H3,(H2,15,16,17). The van der Waals surface area contributed by atoms with Gasteiger partial charge >= 0.3 is 6.03 Å². The number of amides is 2. The number of hydrogen-bond donors (Lipinski definition) is 2. The number of hydroxylamine groups is 1. The topological polar surface area (TPSA) is 50.4 Å². The van der Waals surface area contributed by atoms with Gasteiger partial charge in [-0.25, -0.2) is 10.3 Å². The van der Waals surface area contributed by atoms with Gasteiger partial charge in [0.05, 0.1) is 11.8 Å². The molecule has 0 aliphatic heterocycles. The van der Waals surface area contributed by atoms with Gasteiger partial charge in [-0.05, 0) is 25.3 Å². The number of nitrogens with one attached hydrogen (secondary N) is 2. The fourth-order valence-corrected chi connectivity index (χ4v) is 1.65. The molecule has 0 fully saturated rings. The number of benzene rings is 2. The van der Waals surface area contributed by atoms with Crippen molar-refractivity contribution < 1.29 is 9.63 Å². The van der Waals surface area contributed by atoms with Crippen molar-refractivity contribution in [3.63, 3.8) is 0 Å². The number of carbonyl (C=O) groups is 1. The molecule has 0 heterocycles. The SMILES string of the molecule is CC(C)ONC(=O)Nc1cccc2ccccc12. The first-order valence-corrected chi connectivity index (χ1v) is 5.87. The maximum Gasteiger partial charge on any atom is 0.343 e. The summed E-state index contributed by atoms with van der Waals surface area (Å²) in [6.45, 7) is 3.69. The van der Waals surface area contributed by atoms with Crippen LogP contribution in [0.1, 0.15) is 13.8 Å². The fraction of sp³-hybridized carbons (Fsp3) is 0.214. The van der Waals surface area contributed by atoms with Gasteiger partial charge in [0.2, 0.25) is 0 Å². The highest BCUT2D eigenvalue weighted by atomic mass is 16.7. The van der Waals surface area contributed by atoms with Crippen LogP contribution in [0.3, 0.4) is 0 Å². The molecule has 0 spiro atoms. The zero-order chi connectivity index (χ0) is 13.0. The second-order valence-electron chi connectivity index (χ2n) is 4.25. The molecule has 0 bridgehead atoms. The summed E-state index contributed by atoms with van der Waals surface area (Å²) in [6.07, 6.45) is -0.0525. The number of carbonyl (C=O) groups excluding carboxylic acids is 1. The minimum atomic E-state index is -0.375. The largest absolute Gasteiger partial charge is 0.343 e. The predicted octanol–water partition coefficient (Wildman–Crippen LogP) is 3.30. The third-order valence-electron chi connectivity index (χ3n) is 2.43. The Morgan fingerprint density at radius 3 is 2.61 bits per heavy atom. The Balaban J connectivity index is 2.14. The van der Waals surface area contributed by atoms with Crippen molar-refractivity contribution in [1.82, 2.24) is 5.48 Å². The predicted molar refractivity (Wildman–Crippen MR) is 72.3 cm³/mol. The molecule has 2 amide bonds. The first-order chi connectivity index (χ1) is 8.66. The first-order valence-electron chi connectivity index (χ1n) is 5.87. The third kappa shape index (κ3) is 2.99. The Morgan fingerprint density at radius 1 is 1.11 bits per heavy atom. The lowest BCUT2D eigenvalue weighted by Crippen LogP contribution is -2.31. The summed E-state index contributed by atoms with van der Waals surface area (Å²) in [5, 5.41) is 4.85. The highest BCUT2D eigenvalue weighted by molar-refractivity contribution is 6.01. The highest BCUT2D eigenvalue weighted by Crippen LogP contribution is 2.22. The van der Waals surface area contributed by atoms with E-state index in [1.54, 1.807) is 0 Å². The van der Waals surface area contributed by atoms with Gasteiger partial charge < -0.3 is 5.32 Å². The molecular weight excluding hydrogens is 228 g/mol. The number of urea groups is 1. The maximum atomic E-state index is 11.6. The van der Waals surface area contributed by atoms with Gasteiger partial charge in [-0.15, -0.1) is 0 Å². The molecule has 0 atom stereocenters. The second-order valence-corrected chi connectivity index (χ2v) is 4.25. The Morgan fingerprint density at radius 2 is 1.83 bits per heavy atom. The van der Waals surface area contributed by atoms with Crippen molar-refractivity contribution in [3.8, 4) is 0 Å². The normalized spacial score (nSPS) is 10.6. The van der Waals surface area contributed by atoms with Crippen LogP contribution in [0.2, 0.25) is 0 Å². The molecule has 0 unspecified atom stereocenters. The van der Waals surface area contributed by atoms with Gasteiger partial charge in [0, 0.05) is 5.39 Å². The molecule has 0 saturated carbocycles. The Labute approximate surface area is 106 Å². The summed E-state index contributed by atoms with van der Waals surface area (Å²) >= 11 is 0. The van der Waals surface area contributed by atoms with E-state index in [2.05, 4.69) is 10.8 Å². The molecule has 0 aliphatic rings. The molecule has 0 aliphatic carbocycles. The molecule has 2 aromatic carbocycles. The molecule has 18 heavy (non-hydrogen) atoms. The maximum absolute atomic E-state index is 11.6. The van der Waals surface area contributed by atoms with Crippen molar-refractivity contribution in [2.45, 2.75) is 20.0 Å². The Kier molecular flexibility index (Phi) is 3.79. The first kappa shape index (κ1) is 12.4. The van der Waals surface area contributed by atoms with Crippen molar-refractivity contribution in [2.75, 3.05) is 5.32 Å². The van der Waals surface area contributed by atoms with Gasteiger partial charge in [-0.1, -0.05) is 36.4 Å². The summed E-state index contributed by atoms with van der Waals surface area (Å²) in [4.78, 5) is 16.6. The van der Waals surface area contributed by atoms with E-state index in [9.17, 15) is 4.79 Å². The van der Waals surface area contributed by atoms with Crippen LogP contribution < -0.4 is 10.8 Å². The fourth-order valence-electron chi connectivity index (χ4n) is 1.65. The molecule has 2 aromatic rings. The molecule has 94 valence electrons. The number of fused-ring (bicyclic) bond motifs is 1. The molecule has 0 aromatic heterocycles. The summed E-state index contributed by atoms with van der Waals surface area (Å²) in [6, 6.07) is 13.3. The van der Waals surface area contributed by atoms with E-state index in [-0.39, 0.29) is 12.1 Å². The van der Waals surface area contributed by atoms with E-state index < -0.39 is 0 Å². The lowest BCUT2D eigenvalue weighted by atomic mass is 10.1. The monoisotopic (exact) mass is 244 g/mol. The van der Waals surface area contributed by atoms with Gasteiger partial charge in [0.15, 0.2) is 0 Å². The van der Waals surface area contributed by atoms with E-state index >= 15 is 0 Å². The van der Waals surface area contributed by atoms with Crippen LogP contribution in [0.5, 0.6) is 0 Å². The van der Waals surface area contributed by atoms with Gasteiger partial charge in [0.25, 0.3) is 0 Å². The minimum Gasteiger partial charge on any atom is -0.306 e. The zero-order valence-electron chi connectivity index (χ0n) is 10.4. The van der Waals surface area contributed by atoms with Crippen LogP contribution in [0, 0.1) is 0 Å². The van der Waals surface area contributed by atoms with Gasteiger partial charge in [-0.2, -0.15) is 0 Å². The Hall–Kier alpha value is -2.07. The summed E-state index contributed by atoms with van der Waals surface area (Å²) < 4.78 is 0. The molecule has 0 radical (unpaired) electrons. The number of hydrogen-bond acceptors (Lipinski definition) is 2. The lowest BCUT2D eigenvalue weighted by molar-refractivity contribution is 0.0199. The Bertz CT molecular complexity index is 547. The van der Waals surface area contributed by atoms with E-state index in [0.29, 0.717) is 0 Å². The van der Waals surface area contributed by atoms with Crippen LogP contribution in [-0.4, -0.2) is 12.1 Å². The van der Waals surface area contributed by atoms with Crippen LogP contribution in [0.4, 0.5) is 10.5 Å². The number of anilines is 1. The molecule has 4 nitrogen and oxygen atoms in total. The highest BCUT2D eigenvalue weighted by Gasteiger charge is 2.05. The molecular formula is C14H16N2O2. The third-order valence-corrected chi connectivity index (χ3v) is 2.43. The quantitative estimate of drug-likeness (QED) is 0.814. The molecule has 2 rings (SSSR count). The van der Waals surface area contributed by atoms with Crippen LogP contribution in [0.15, 0.2) is 42.5 Å². The van der Waals surface area contributed by atoms with Crippen LogP contribution >= 0.6 is 0 Å². The van der Waals surface area contributed by atoms with Crippen molar-refractivity contribution in [1.29, 1.82) is 0 Å². The van der Waals surface area contributed by atoms with Gasteiger partial charge in [0.1, 0.15) is 0 Å². The average Bonchev–Trinajstić information content (AvgIpc) is 2.37. The van der Waals surface area contributed by atoms with Crippen molar-refractivity contribution in [3.05, 3.63) is 42.5 Å². The van der Waals surface area contributed by atoms with Crippen molar-refractivity contribution >= 4 is 22.5 Å². The molecule has 0 saturated heterocycles. The van der Waals surface area contributed by atoms with E-state index in [4.69, 9.17) is 4.84 Å². The summed E-state index contributed by atoms with van der Waals surface area (Å²) in [5.41, 5.74) is 3.11. The minimum absolute atomic E-state index is 0.0525. The van der Waals surface area contributed by atoms with E-state index in [1.807, 2.05) is 56.3 Å². The summed E-state index contributed by atoms with van der Waals surface area (Å²) in [7, 11) is 0. The van der Waals surface area contributed by atoms with Gasteiger partial charge in [-0.3, -0.25) is 4.84 Å². The second kappa shape index (κ2) is 5.51. The number of rotatable bonds is 3. The molecule has 2 N–H and O–H groups in total. The van der Waals surface area contributed by atoms with Crippen LogP contribution in [-0.2, 0) is 4.84 Å². The van der Waals surface area contributed by atoms with Crippen LogP contribution in [0.25, 0.3) is 10.8 Å². The lowest BCUT2D eigenvalue weighted by Gasteiger charge is -2.11. The summed E-state index contributed by atoms with van der Waals surface area (Å²) in [5.74, 6) is 0. The zero-order valence-corrected chi connectivity index (χ0v) is 10.4. The molecule has 4 heteroatoms. The van der Waals surface area contributed by atoms with E-state index in [0.717, 1.165) is 16.5 Å². The van der Waals surface area contributed by atoms with E-state index in [1.165, 1.54) is 0 Å². The average molecular weight is 244 g/mol. The smallest absolute Gasteiger partial charge is 0.306 e. The van der Waals surface area contributed by atoms with Crippen molar-refractivity contribution in [2.24, 2.45) is 0 Å².